The van der Waals surface area contributed by atoms with E-state index >= 15 is 0 Å². The zero-order chi connectivity index (χ0) is 12.0. The first kappa shape index (κ1) is 12.6. The Kier molecular flexibility index (Phi) is 4.88. The minimum atomic E-state index is 0.00296. The molecule has 0 saturated carbocycles. The molecule has 86 valence electrons. The predicted octanol–water partition coefficient (Wildman–Crippen LogP) is 2.81. The van der Waals surface area contributed by atoms with Gasteiger partial charge in [-0.15, -0.1) is 12.3 Å². The molecule has 1 rings (SSSR count). The predicted molar refractivity (Wildman–Crippen MR) is 67.3 cm³/mol. The van der Waals surface area contributed by atoms with Crippen molar-refractivity contribution in [2.24, 2.45) is 5.73 Å². The van der Waals surface area contributed by atoms with Gasteiger partial charge in [-0.3, -0.25) is 0 Å². The molecule has 0 aliphatic heterocycles. The van der Waals surface area contributed by atoms with E-state index in [2.05, 4.69) is 18.9 Å². The number of ether oxygens (including phenoxy) is 1. The van der Waals surface area contributed by atoms with E-state index < -0.39 is 0 Å². The van der Waals surface area contributed by atoms with Crippen LogP contribution in [0.1, 0.15) is 36.4 Å². The molecule has 0 aromatic heterocycles. The van der Waals surface area contributed by atoms with Gasteiger partial charge in [-0.1, -0.05) is 17.7 Å². The molecule has 0 bridgehead atoms. The van der Waals surface area contributed by atoms with Crippen LogP contribution in [0.4, 0.5) is 0 Å². The molecule has 0 aliphatic rings. The van der Waals surface area contributed by atoms with Gasteiger partial charge in [-0.25, -0.2) is 0 Å². The van der Waals surface area contributed by atoms with Gasteiger partial charge < -0.3 is 10.5 Å². The zero-order valence-electron chi connectivity index (χ0n) is 9.99. The molecule has 1 aromatic rings. The largest absolute Gasteiger partial charge is 0.496 e. The smallest absolute Gasteiger partial charge is 0.123 e. The molecule has 0 heterocycles. The molecule has 0 saturated heterocycles. The Labute approximate surface area is 97.8 Å². The van der Waals surface area contributed by atoms with Crippen molar-refractivity contribution in [1.29, 1.82) is 0 Å². The second-order valence-electron chi connectivity index (χ2n) is 3.95. The average molecular weight is 217 g/mol. The highest BCUT2D eigenvalue weighted by Gasteiger charge is 2.11. The van der Waals surface area contributed by atoms with Crippen LogP contribution in [0.2, 0.25) is 0 Å². The third-order valence-corrected chi connectivity index (χ3v) is 2.62. The number of terminal acetylenes is 1. The van der Waals surface area contributed by atoms with Crippen molar-refractivity contribution in [3.05, 3.63) is 29.3 Å². The molecule has 0 radical (unpaired) electrons. The van der Waals surface area contributed by atoms with Gasteiger partial charge in [-0.2, -0.15) is 0 Å². The van der Waals surface area contributed by atoms with Crippen LogP contribution in [0, 0.1) is 19.3 Å². The normalized spacial score (nSPS) is 11.9. The molecule has 0 amide bonds. The van der Waals surface area contributed by atoms with Crippen LogP contribution in [0.25, 0.3) is 0 Å². The fourth-order valence-electron chi connectivity index (χ4n) is 1.72. The number of aryl methyl sites for hydroxylation is 1. The number of rotatable bonds is 5. The van der Waals surface area contributed by atoms with Crippen LogP contribution >= 0.6 is 0 Å². The molecule has 0 spiro atoms. The molecule has 1 aromatic carbocycles. The van der Waals surface area contributed by atoms with E-state index in [1.165, 1.54) is 5.56 Å². The lowest BCUT2D eigenvalue weighted by Gasteiger charge is -2.15. The van der Waals surface area contributed by atoms with Crippen LogP contribution in [0.15, 0.2) is 18.2 Å². The molecule has 2 N–H and O–H groups in total. The Morgan fingerprint density at radius 1 is 1.50 bits per heavy atom. The van der Waals surface area contributed by atoms with Crippen LogP contribution in [0.3, 0.4) is 0 Å². The molecule has 2 nitrogen and oxygen atoms in total. The van der Waals surface area contributed by atoms with E-state index in [9.17, 15) is 0 Å². The quantitative estimate of drug-likeness (QED) is 0.608. The summed E-state index contributed by atoms with van der Waals surface area (Å²) in [5.41, 5.74) is 8.40. The Morgan fingerprint density at radius 3 is 2.88 bits per heavy atom. The summed E-state index contributed by atoms with van der Waals surface area (Å²) in [4.78, 5) is 0. The van der Waals surface area contributed by atoms with Crippen molar-refractivity contribution in [2.45, 2.75) is 32.2 Å². The molecular formula is C14H19NO. The number of unbranched alkanes of at least 4 members (excludes halogenated alkanes) is 1. The standard InChI is InChI=1S/C14H19NO/c1-4-5-6-7-13(15)12-10-11(2)8-9-14(12)16-3/h1,8-10,13H,5-7,15H2,2-3H3. The third kappa shape index (κ3) is 3.29. The Balaban J connectivity index is 2.77. The fraction of sp³-hybridized carbons (Fsp3) is 0.429. The summed E-state index contributed by atoms with van der Waals surface area (Å²) in [5, 5.41) is 0. The topological polar surface area (TPSA) is 35.2 Å². The first-order valence-corrected chi connectivity index (χ1v) is 5.52. The van der Waals surface area contributed by atoms with Gasteiger partial charge in [0.2, 0.25) is 0 Å². The zero-order valence-corrected chi connectivity index (χ0v) is 9.99. The highest BCUT2D eigenvalue weighted by Crippen LogP contribution is 2.27. The minimum absolute atomic E-state index is 0.00296. The van der Waals surface area contributed by atoms with Gasteiger partial charge in [0.15, 0.2) is 0 Å². The number of benzene rings is 1. The summed E-state index contributed by atoms with van der Waals surface area (Å²) in [6, 6.07) is 6.07. The van der Waals surface area contributed by atoms with Gasteiger partial charge in [-0.05, 0) is 25.8 Å². The Bertz CT molecular complexity index is 379. The lowest BCUT2D eigenvalue weighted by molar-refractivity contribution is 0.403. The molecule has 1 unspecified atom stereocenters. The van der Waals surface area contributed by atoms with Gasteiger partial charge >= 0.3 is 0 Å². The number of hydrogen-bond donors (Lipinski definition) is 1. The number of methoxy groups -OCH3 is 1. The van der Waals surface area contributed by atoms with E-state index in [4.69, 9.17) is 16.9 Å². The molecular weight excluding hydrogens is 198 g/mol. The first-order chi connectivity index (χ1) is 7.69. The van der Waals surface area contributed by atoms with Crippen molar-refractivity contribution < 1.29 is 4.74 Å². The lowest BCUT2D eigenvalue weighted by atomic mass is 9.99. The van der Waals surface area contributed by atoms with E-state index in [-0.39, 0.29) is 6.04 Å². The second-order valence-corrected chi connectivity index (χ2v) is 3.95. The lowest BCUT2D eigenvalue weighted by Crippen LogP contribution is -2.11. The first-order valence-electron chi connectivity index (χ1n) is 5.52. The van der Waals surface area contributed by atoms with Crippen molar-refractivity contribution in [3.63, 3.8) is 0 Å². The van der Waals surface area contributed by atoms with Crippen LogP contribution < -0.4 is 10.5 Å². The van der Waals surface area contributed by atoms with Crippen molar-refractivity contribution in [3.8, 4) is 18.1 Å². The third-order valence-electron chi connectivity index (χ3n) is 2.62. The summed E-state index contributed by atoms with van der Waals surface area (Å²) in [6.45, 7) is 2.05. The van der Waals surface area contributed by atoms with Gasteiger partial charge in [0, 0.05) is 18.0 Å². The maximum Gasteiger partial charge on any atom is 0.123 e. The highest BCUT2D eigenvalue weighted by atomic mass is 16.5. The van der Waals surface area contributed by atoms with E-state index in [1.54, 1.807) is 7.11 Å². The van der Waals surface area contributed by atoms with Crippen LogP contribution in [-0.4, -0.2) is 7.11 Å². The summed E-state index contributed by atoms with van der Waals surface area (Å²) < 4.78 is 5.31. The van der Waals surface area contributed by atoms with E-state index in [0.717, 1.165) is 30.6 Å². The van der Waals surface area contributed by atoms with Gasteiger partial charge in [0.1, 0.15) is 5.75 Å². The summed E-state index contributed by atoms with van der Waals surface area (Å²) in [5.74, 6) is 3.49. The van der Waals surface area contributed by atoms with Crippen LogP contribution in [-0.2, 0) is 0 Å². The molecule has 2 heteroatoms. The molecule has 0 fully saturated rings. The second kappa shape index (κ2) is 6.19. The number of nitrogens with two attached hydrogens (primary N) is 1. The van der Waals surface area contributed by atoms with E-state index in [1.807, 2.05) is 12.1 Å². The van der Waals surface area contributed by atoms with Crippen LogP contribution in [0.5, 0.6) is 5.75 Å². The molecule has 16 heavy (non-hydrogen) atoms. The van der Waals surface area contributed by atoms with Gasteiger partial charge in [0.25, 0.3) is 0 Å². The molecule has 0 aliphatic carbocycles. The average Bonchev–Trinajstić information content (AvgIpc) is 2.29. The SMILES string of the molecule is C#CCCCC(N)c1cc(C)ccc1OC. The Morgan fingerprint density at radius 2 is 2.25 bits per heavy atom. The van der Waals surface area contributed by atoms with Gasteiger partial charge in [0.05, 0.1) is 7.11 Å². The number of hydrogen-bond acceptors (Lipinski definition) is 2. The highest BCUT2D eigenvalue weighted by molar-refractivity contribution is 5.38. The van der Waals surface area contributed by atoms with Crippen molar-refractivity contribution in [2.75, 3.05) is 7.11 Å². The maximum atomic E-state index is 6.13. The summed E-state index contributed by atoms with van der Waals surface area (Å²) in [6.07, 6.45) is 7.84. The van der Waals surface area contributed by atoms with Crippen molar-refractivity contribution in [1.82, 2.24) is 0 Å². The maximum absolute atomic E-state index is 6.13. The summed E-state index contributed by atoms with van der Waals surface area (Å²) in [7, 11) is 1.67. The fourth-order valence-corrected chi connectivity index (χ4v) is 1.72. The molecule has 1 atom stereocenters. The summed E-state index contributed by atoms with van der Waals surface area (Å²) >= 11 is 0. The monoisotopic (exact) mass is 217 g/mol. The van der Waals surface area contributed by atoms with E-state index in [0.29, 0.717) is 0 Å². The Hall–Kier alpha value is -1.46. The van der Waals surface area contributed by atoms with Crippen molar-refractivity contribution >= 4 is 0 Å². The minimum Gasteiger partial charge on any atom is -0.496 e.